The Labute approximate surface area is 225 Å². The second kappa shape index (κ2) is 12.6. The predicted octanol–water partition coefficient (Wildman–Crippen LogP) is 5.06. The van der Waals surface area contributed by atoms with Crippen molar-refractivity contribution < 1.29 is 18.3 Å². The van der Waals surface area contributed by atoms with Crippen molar-refractivity contribution in [3.8, 4) is 11.8 Å². The number of pyridine rings is 1. The van der Waals surface area contributed by atoms with Crippen LogP contribution in [0.4, 0.5) is 20.4 Å². The van der Waals surface area contributed by atoms with Gasteiger partial charge in [-0.2, -0.15) is 5.26 Å². The van der Waals surface area contributed by atoms with E-state index in [1.54, 1.807) is 18.6 Å². The maximum Gasteiger partial charge on any atom is 0.205 e. The van der Waals surface area contributed by atoms with E-state index in [1.165, 1.54) is 19.3 Å². The van der Waals surface area contributed by atoms with Gasteiger partial charge < -0.3 is 30.9 Å². The Morgan fingerprint density at radius 3 is 2.77 bits per heavy atom. The van der Waals surface area contributed by atoms with E-state index in [9.17, 15) is 8.78 Å². The summed E-state index contributed by atoms with van der Waals surface area (Å²) >= 11 is 0. The van der Waals surface area contributed by atoms with E-state index in [2.05, 4.69) is 33.3 Å². The maximum atomic E-state index is 14.3. The molecule has 0 bridgehead atoms. The van der Waals surface area contributed by atoms with Crippen molar-refractivity contribution in [2.24, 2.45) is 11.7 Å². The van der Waals surface area contributed by atoms with Crippen molar-refractivity contribution in [2.45, 2.75) is 44.2 Å². The Morgan fingerprint density at radius 1 is 1.31 bits per heavy atom. The quantitative estimate of drug-likeness (QED) is 0.210. The normalized spacial score (nSPS) is 21.0. The van der Waals surface area contributed by atoms with E-state index in [4.69, 9.17) is 25.9 Å². The molecule has 1 aliphatic rings. The fourth-order valence-electron chi connectivity index (χ4n) is 5.00. The van der Waals surface area contributed by atoms with Gasteiger partial charge in [0.2, 0.25) is 5.95 Å². The highest BCUT2D eigenvalue weighted by Crippen LogP contribution is 2.40. The number of imidazole rings is 1. The molecule has 1 aliphatic carbocycles. The first-order chi connectivity index (χ1) is 18.8. The molecule has 0 radical (unpaired) electrons. The first-order valence-electron chi connectivity index (χ1n) is 12.6. The molecule has 3 aromatic rings. The predicted molar refractivity (Wildman–Crippen MR) is 144 cm³/mol. The number of rotatable bonds is 10. The molecular formula is C28H31F2N7O2. The second-order valence-electron chi connectivity index (χ2n) is 9.54. The van der Waals surface area contributed by atoms with Crippen LogP contribution in [-0.4, -0.2) is 46.5 Å². The van der Waals surface area contributed by atoms with Gasteiger partial charge in [0.05, 0.1) is 67.4 Å². The smallest absolute Gasteiger partial charge is 0.205 e. The minimum atomic E-state index is -0.880. The van der Waals surface area contributed by atoms with Crippen LogP contribution < -0.4 is 15.8 Å². The summed E-state index contributed by atoms with van der Waals surface area (Å²) in [5, 5.41) is 20.2. The number of hydrogen-bond acceptors (Lipinski definition) is 8. The van der Waals surface area contributed by atoms with E-state index in [1.807, 2.05) is 6.07 Å². The minimum Gasteiger partial charge on any atom is -0.497 e. The molecule has 4 rings (SSSR count). The SMILES string of the molecule is COc1cc(F)c(C(=N)/C=C\c2cnc(Nc3cnccc3[C@H]3C[C@@H](N)[C@@H](OCCC#N)[C@@H](C)C3)[nH]2)c(F)c1. The number of nitrogens with one attached hydrogen (secondary N) is 3. The number of nitriles is 1. The molecule has 0 aliphatic heterocycles. The number of nitrogens with two attached hydrogens (primary N) is 1. The third-order valence-electron chi connectivity index (χ3n) is 6.81. The number of hydrogen-bond donors (Lipinski definition) is 4. The molecule has 0 saturated heterocycles. The average Bonchev–Trinajstić information content (AvgIpc) is 3.36. The zero-order valence-corrected chi connectivity index (χ0v) is 21.7. The number of aromatic nitrogens is 3. The summed E-state index contributed by atoms with van der Waals surface area (Å²) in [5.41, 5.74) is 8.08. The van der Waals surface area contributed by atoms with Gasteiger partial charge in [0.1, 0.15) is 17.4 Å². The summed E-state index contributed by atoms with van der Waals surface area (Å²) in [5.74, 6) is -0.875. The zero-order valence-electron chi connectivity index (χ0n) is 21.7. The molecule has 1 saturated carbocycles. The lowest BCUT2D eigenvalue weighted by atomic mass is 9.74. The van der Waals surface area contributed by atoms with Crippen LogP contribution in [0.1, 0.15) is 48.9 Å². The molecule has 39 heavy (non-hydrogen) atoms. The number of benzene rings is 1. The molecule has 1 aromatic carbocycles. The van der Waals surface area contributed by atoms with Crippen molar-refractivity contribution in [3.05, 3.63) is 71.3 Å². The van der Waals surface area contributed by atoms with E-state index in [0.29, 0.717) is 24.7 Å². The summed E-state index contributed by atoms with van der Waals surface area (Å²) in [6.45, 7) is 2.49. The highest BCUT2D eigenvalue weighted by atomic mass is 19.1. The molecule has 4 atom stereocenters. The number of ether oxygens (including phenoxy) is 2. The number of allylic oxidation sites excluding steroid dienone is 1. The van der Waals surface area contributed by atoms with Crippen LogP contribution in [-0.2, 0) is 4.74 Å². The summed E-state index contributed by atoms with van der Waals surface area (Å²) in [7, 11) is 1.31. The van der Waals surface area contributed by atoms with Crippen molar-refractivity contribution >= 4 is 23.4 Å². The van der Waals surface area contributed by atoms with E-state index in [0.717, 1.165) is 36.2 Å². The van der Waals surface area contributed by atoms with Gasteiger partial charge in [-0.1, -0.05) is 6.92 Å². The molecule has 11 heteroatoms. The van der Waals surface area contributed by atoms with Crippen molar-refractivity contribution in [1.29, 1.82) is 10.7 Å². The zero-order chi connectivity index (χ0) is 27.9. The van der Waals surface area contributed by atoms with E-state index < -0.39 is 17.2 Å². The maximum absolute atomic E-state index is 14.3. The van der Waals surface area contributed by atoms with Crippen molar-refractivity contribution in [1.82, 2.24) is 15.0 Å². The third kappa shape index (κ3) is 6.66. The Balaban J connectivity index is 1.44. The number of halogens is 2. The molecule has 5 N–H and O–H groups in total. The van der Waals surface area contributed by atoms with E-state index >= 15 is 0 Å². The monoisotopic (exact) mass is 535 g/mol. The van der Waals surface area contributed by atoms with Gasteiger partial charge >= 0.3 is 0 Å². The molecule has 9 nitrogen and oxygen atoms in total. The highest BCUT2D eigenvalue weighted by Gasteiger charge is 2.35. The summed E-state index contributed by atoms with van der Waals surface area (Å²) in [4.78, 5) is 11.7. The number of anilines is 2. The van der Waals surface area contributed by atoms with Crippen LogP contribution in [0.3, 0.4) is 0 Å². The topological polar surface area (TPSA) is 146 Å². The first-order valence-corrected chi connectivity index (χ1v) is 12.6. The summed E-state index contributed by atoms with van der Waals surface area (Å²) < 4.78 is 39.3. The van der Waals surface area contributed by atoms with Crippen LogP contribution in [0.5, 0.6) is 5.75 Å². The second-order valence-corrected chi connectivity index (χ2v) is 9.54. The Hall–Kier alpha value is -4.14. The molecule has 2 aromatic heterocycles. The van der Waals surface area contributed by atoms with Gasteiger partial charge in [-0.3, -0.25) is 4.98 Å². The van der Waals surface area contributed by atoms with Gasteiger partial charge in [-0.25, -0.2) is 13.8 Å². The van der Waals surface area contributed by atoms with Gasteiger partial charge in [-0.15, -0.1) is 0 Å². The fourth-order valence-corrected chi connectivity index (χ4v) is 5.00. The Bertz CT molecular complexity index is 1350. The largest absolute Gasteiger partial charge is 0.497 e. The molecule has 0 spiro atoms. The Kier molecular flexibility index (Phi) is 9.01. The number of H-pyrrole nitrogens is 1. The van der Waals surface area contributed by atoms with Crippen molar-refractivity contribution in [2.75, 3.05) is 19.0 Å². The average molecular weight is 536 g/mol. The lowest BCUT2D eigenvalue weighted by molar-refractivity contribution is -0.0198. The van der Waals surface area contributed by atoms with Crippen LogP contribution in [0.25, 0.3) is 6.08 Å². The molecule has 0 unspecified atom stereocenters. The summed E-state index contributed by atoms with van der Waals surface area (Å²) in [6, 6.07) is 5.97. The third-order valence-corrected chi connectivity index (χ3v) is 6.81. The molecule has 2 heterocycles. The summed E-state index contributed by atoms with van der Waals surface area (Å²) in [6.07, 6.45) is 9.67. The van der Waals surface area contributed by atoms with Crippen molar-refractivity contribution in [3.63, 3.8) is 0 Å². The van der Waals surface area contributed by atoms with Crippen LogP contribution in [0.2, 0.25) is 0 Å². The van der Waals surface area contributed by atoms with Crippen LogP contribution in [0, 0.1) is 34.3 Å². The van der Waals surface area contributed by atoms with Crippen LogP contribution in [0.15, 0.2) is 42.9 Å². The molecule has 0 amide bonds. The van der Waals surface area contributed by atoms with Gasteiger partial charge in [0.25, 0.3) is 0 Å². The molecular weight excluding hydrogens is 504 g/mol. The Morgan fingerprint density at radius 2 is 2.08 bits per heavy atom. The molecule has 204 valence electrons. The van der Waals surface area contributed by atoms with Crippen LogP contribution >= 0.6 is 0 Å². The fraction of sp³-hybridized carbons (Fsp3) is 0.357. The van der Waals surface area contributed by atoms with E-state index in [-0.39, 0.29) is 35.4 Å². The number of methoxy groups -OCH3 is 1. The highest BCUT2D eigenvalue weighted by molar-refractivity contribution is 6.09. The lowest BCUT2D eigenvalue weighted by Crippen LogP contribution is -2.46. The molecule has 1 fully saturated rings. The number of aromatic amines is 1. The number of nitrogens with zero attached hydrogens (tertiary/aromatic N) is 3. The van der Waals surface area contributed by atoms with Gasteiger partial charge in [0, 0.05) is 24.4 Å². The standard InChI is InChI=1S/C28H31F2N7O2/c1-16-10-17(11-24(33)27(16)39-9-3-7-31)20-6-8-34-15-25(20)37-28-35-14-18(36-28)4-5-23(32)26-21(29)12-19(38-2)13-22(26)30/h4-6,8,12-17,24,27,32H,3,9-11,33H2,1-2H3,(H2,35,36,37)/b5-4-,32-23?/t16-,17+,24+,27-/m0/s1. The van der Waals surface area contributed by atoms with Gasteiger partial charge in [0.15, 0.2) is 0 Å². The minimum absolute atomic E-state index is 0.0398. The first kappa shape index (κ1) is 27.9. The lowest BCUT2D eigenvalue weighted by Gasteiger charge is -2.39. The van der Waals surface area contributed by atoms with Gasteiger partial charge in [-0.05, 0) is 48.5 Å².